The van der Waals surface area contributed by atoms with Crippen LogP contribution in [-0.4, -0.2) is 12.4 Å². The lowest BCUT2D eigenvalue weighted by atomic mass is 9.98. The Morgan fingerprint density at radius 1 is 0.867 bits per heavy atom. The van der Waals surface area contributed by atoms with Crippen molar-refractivity contribution < 1.29 is 13.9 Å². The van der Waals surface area contributed by atoms with Gasteiger partial charge in [-0.1, -0.05) is 60.7 Å². The number of ketones is 1. The van der Waals surface area contributed by atoms with Gasteiger partial charge in [0.05, 0.1) is 0 Å². The molecule has 0 fully saturated rings. The highest BCUT2D eigenvalue weighted by molar-refractivity contribution is 5.97. The van der Waals surface area contributed by atoms with Crippen molar-refractivity contribution in [2.75, 3.05) is 6.61 Å². The summed E-state index contributed by atoms with van der Waals surface area (Å²) in [5, 5.41) is 0.875. The lowest BCUT2D eigenvalue weighted by molar-refractivity contribution is 0.0921. The van der Waals surface area contributed by atoms with Gasteiger partial charge in [-0.3, -0.25) is 4.79 Å². The van der Waals surface area contributed by atoms with Crippen LogP contribution in [0.1, 0.15) is 32.6 Å². The van der Waals surface area contributed by atoms with E-state index in [1.54, 1.807) is 12.1 Å². The molecule has 3 aromatic carbocycles. The SMILES string of the molecule is Cc1c(Cc2ccccc2)c(=O)oc2c(C)c(OCC(=O)c3ccccc3)ccc12. The second-order valence-corrected chi connectivity index (χ2v) is 7.30. The Bertz CT molecular complexity index is 1260. The second-order valence-electron chi connectivity index (χ2n) is 7.30. The molecular formula is C26H22O4. The first kappa shape index (κ1) is 19.6. The second kappa shape index (κ2) is 8.37. The number of carbonyl (C=O) groups is 1. The van der Waals surface area contributed by atoms with Gasteiger partial charge in [0.25, 0.3) is 0 Å². The van der Waals surface area contributed by atoms with Crippen molar-refractivity contribution in [2.24, 2.45) is 0 Å². The topological polar surface area (TPSA) is 56.5 Å². The van der Waals surface area contributed by atoms with E-state index in [0.29, 0.717) is 34.4 Å². The van der Waals surface area contributed by atoms with Crippen LogP contribution < -0.4 is 10.4 Å². The number of Topliss-reactive ketones (excluding diaryl/α,β-unsaturated/α-hetero) is 1. The molecule has 0 aliphatic carbocycles. The first-order valence-corrected chi connectivity index (χ1v) is 9.85. The average Bonchev–Trinajstić information content (AvgIpc) is 2.78. The van der Waals surface area contributed by atoms with E-state index in [2.05, 4.69) is 0 Å². The van der Waals surface area contributed by atoms with Crippen molar-refractivity contribution in [3.63, 3.8) is 0 Å². The predicted octanol–water partition coefficient (Wildman–Crippen LogP) is 5.26. The van der Waals surface area contributed by atoms with E-state index < -0.39 is 0 Å². The Morgan fingerprint density at radius 3 is 2.23 bits per heavy atom. The largest absolute Gasteiger partial charge is 0.485 e. The van der Waals surface area contributed by atoms with E-state index in [1.807, 2.05) is 74.5 Å². The van der Waals surface area contributed by atoms with Gasteiger partial charge in [0.15, 0.2) is 12.4 Å². The Labute approximate surface area is 174 Å². The van der Waals surface area contributed by atoms with Crippen molar-refractivity contribution in [3.8, 4) is 5.75 Å². The minimum Gasteiger partial charge on any atom is -0.485 e. The Morgan fingerprint density at radius 2 is 1.53 bits per heavy atom. The van der Waals surface area contributed by atoms with Crippen LogP contribution in [0.4, 0.5) is 0 Å². The molecule has 4 aromatic rings. The minimum absolute atomic E-state index is 0.0777. The van der Waals surface area contributed by atoms with Gasteiger partial charge in [0, 0.05) is 28.5 Å². The molecule has 0 radical (unpaired) electrons. The highest BCUT2D eigenvalue weighted by Gasteiger charge is 2.16. The van der Waals surface area contributed by atoms with E-state index in [4.69, 9.17) is 9.15 Å². The predicted molar refractivity (Wildman–Crippen MR) is 117 cm³/mol. The molecule has 4 rings (SSSR count). The van der Waals surface area contributed by atoms with Crippen LogP contribution in [0.5, 0.6) is 5.75 Å². The highest BCUT2D eigenvalue weighted by Crippen LogP contribution is 2.30. The van der Waals surface area contributed by atoms with E-state index in [-0.39, 0.29) is 18.0 Å². The molecule has 1 aromatic heterocycles. The fraction of sp³-hybridized carbons (Fsp3) is 0.154. The number of benzene rings is 3. The van der Waals surface area contributed by atoms with Crippen molar-refractivity contribution in [1.82, 2.24) is 0 Å². The molecule has 4 heteroatoms. The van der Waals surface area contributed by atoms with Crippen LogP contribution in [0.2, 0.25) is 0 Å². The van der Waals surface area contributed by atoms with Crippen LogP contribution >= 0.6 is 0 Å². The van der Waals surface area contributed by atoms with Gasteiger partial charge in [-0.25, -0.2) is 4.79 Å². The lowest BCUT2D eigenvalue weighted by Crippen LogP contribution is -2.13. The van der Waals surface area contributed by atoms with Gasteiger partial charge in [-0.05, 0) is 37.1 Å². The monoisotopic (exact) mass is 398 g/mol. The lowest BCUT2D eigenvalue weighted by Gasteiger charge is -2.13. The maximum Gasteiger partial charge on any atom is 0.340 e. The Balaban J connectivity index is 1.63. The van der Waals surface area contributed by atoms with Gasteiger partial charge in [0.2, 0.25) is 0 Å². The highest BCUT2D eigenvalue weighted by atomic mass is 16.5. The van der Waals surface area contributed by atoms with E-state index >= 15 is 0 Å². The summed E-state index contributed by atoms with van der Waals surface area (Å²) in [5.41, 5.74) is 4.08. The van der Waals surface area contributed by atoms with Crippen LogP contribution in [-0.2, 0) is 6.42 Å². The molecule has 30 heavy (non-hydrogen) atoms. The molecule has 1 heterocycles. The molecular weight excluding hydrogens is 376 g/mol. The summed E-state index contributed by atoms with van der Waals surface area (Å²) in [4.78, 5) is 25.0. The zero-order valence-corrected chi connectivity index (χ0v) is 17.0. The van der Waals surface area contributed by atoms with Crippen LogP contribution in [0.15, 0.2) is 82.0 Å². The fourth-order valence-corrected chi connectivity index (χ4v) is 3.58. The van der Waals surface area contributed by atoms with E-state index in [1.165, 1.54) is 0 Å². The van der Waals surface area contributed by atoms with E-state index in [0.717, 1.165) is 16.5 Å². The third kappa shape index (κ3) is 3.90. The Kier molecular flexibility index (Phi) is 5.48. The molecule has 0 amide bonds. The summed E-state index contributed by atoms with van der Waals surface area (Å²) in [6, 6.07) is 22.6. The van der Waals surface area contributed by atoms with Crippen molar-refractivity contribution in [1.29, 1.82) is 0 Å². The molecule has 0 unspecified atom stereocenters. The molecule has 0 aliphatic heterocycles. The summed E-state index contributed by atoms with van der Waals surface area (Å²) in [6.45, 7) is 3.70. The van der Waals surface area contributed by atoms with Crippen molar-refractivity contribution in [2.45, 2.75) is 20.3 Å². The molecule has 0 N–H and O–H groups in total. The normalized spacial score (nSPS) is 10.9. The quantitative estimate of drug-likeness (QED) is 0.328. The summed E-state index contributed by atoms with van der Waals surface area (Å²) in [6.07, 6.45) is 0.522. The van der Waals surface area contributed by atoms with Gasteiger partial charge in [-0.2, -0.15) is 0 Å². The Hall–Kier alpha value is -3.66. The maximum absolute atomic E-state index is 12.7. The zero-order valence-electron chi connectivity index (χ0n) is 17.0. The molecule has 0 aliphatic rings. The minimum atomic E-state index is -0.343. The van der Waals surface area contributed by atoms with Crippen LogP contribution in [0, 0.1) is 13.8 Å². The first-order chi connectivity index (χ1) is 14.5. The van der Waals surface area contributed by atoms with Gasteiger partial charge in [-0.15, -0.1) is 0 Å². The maximum atomic E-state index is 12.7. The molecule has 0 bridgehead atoms. The third-order valence-corrected chi connectivity index (χ3v) is 5.33. The summed E-state index contributed by atoms with van der Waals surface area (Å²) in [7, 11) is 0. The van der Waals surface area contributed by atoms with E-state index in [9.17, 15) is 9.59 Å². The number of ether oxygens (including phenoxy) is 1. The number of hydrogen-bond donors (Lipinski definition) is 0. The number of carbonyl (C=O) groups excluding carboxylic acids is 1. The molecule has 0 spiro atoms. The van der Waals surface area contributed by atoms with Crippen molar-refractivity contribution in [3.05, 3.63) is 111 Å². The molecule has 0 atom stereocenters. The van der Waals surface area contributed by atoms with Crippen molar-refractivity contribution >= 4 is 16.8 Å². The molecule has 150 valence electrons. The van der Waals surface area contributed by atoms with Gasteiger partial charge < -0.3 is 9.15 Å². The average molecular weight is 398 g/mol. The standard InChI is InChI=1S/C26H22O4/c1-17-21-13-14-24(29-16-23(27)20-11-7-4-8-12-20)18(2)25(21)30-26(28)22(17)15-19-9-5-3-6-10-19/h3-14H,15-16H2,1-2H3. The fourth-order valence-electron chi connectivity index (χ4n) is 3.58. The zero-order chi connectivity index (χ0) is 21.1. The number of aryl methyl sites for hydroxylation is 2. The third-order valence-electron chi connectivity index (χ3n) is 5.33. The number of rotatable bonds is 6. The van der Waals surface area contributed by atoms with Gasteiger partial charge in [0.1, 0.15) is 11.3 Å². The number of hydrogen-bond acceptors (Lipinski definition) is 4. The summed E-state index contributed by atoms with van der Waals surface area (Å²) in [5.74, 6) is 0.427. The summed E-state index contributed by atoms with van der Waals surface area (Å²) < 4.78 is 11.4. The number of fused-ring (bicyclic) bond motifs is 1. The molecule has 0 saturated heterocycles. The first-order valence-electron chi connectivity index (χ1n) is 9.85. The molecule has 4 nitrogen and oxygen atoms in total. The molecule has 0 saturated carbocycles. The van der Waals surface area contributed by atoms with Crippen LogP contribution in [0.25, 0.3) is 11.0 Å². The smallest absolute Gasteiger partial charge is 0.340 e. The van der Waals surface area contributed by atoms with Crippen LogP contribution in [0.3, 0.4) is 0 Å². The summed E-state index contributed by atoms with van der Waals surface area (Å²) >= 11 is 0. The van der Waals surface area contributed by atoms with Gasteiger partial charge >= 0.3 is 5.63 Å².